The first kappa shape index (κ1) is 9.63. The minimum atomic E-state index is 0.603. The number of aryl methyl sites for hydroxylation is 2. The maximum Gasteiger partial charge on any atom is 0.160 e. The SMILES string of the molecule is Cc1nn(C)c2nc(N)cc(CC3CC3)c12. The summed E-state index contributed by atoms with van der Waals surface area (Å²) in [6, 6.07) is 2.01. The van der Waals surface area contributed by atoms with Crippen LogP contribution in [0.15, 0.2) is 6.07 Å². The highest BCUT2D eigenvalue weighted by molar-refractivity contribution is 5.83. The van der Waals surface area contributed by atoms with Crippen LogP contribution in [-0.4, -0.2) is 14.8 Å². The summed E-state index contributed by atoms with van der Waals surface area (Å²) in [5.74, 6) is 1.45. The average molecular weight is 216 g/mol. The van der Waals surface area contributed by atoms with Gasteiger partial charge >= 0.3 is 0 Å². The molecule has 0 spiro atoms. The molecule has 2 aromatic heterocycles. The van der Waals surface area contributed by atoms with E-state index in [4.69, 9.17) is 5.73 Å². The van der Waals surface area contributed by atoms with Gasteiger partial charge in [-0.05, 0) is 43.7 Å². The topological polar surface area (TPSA) is 56.7 Å². The number of hydrogen-bond acceptors (Lipinski definition) is 3. The van der Waals surface area contributed by atoms with E-state index in [-0.39, 0.29) is 0 Å². The molecule has 4 heteroatoms. The summed E-state index contributed by atoms with van der Waals surface area (Å²) in [5.41, 5.74) is 9.13. The van der Waals surface area contributed by atoms with E-state index in [1.165, 1.54) is 23.8 Å². The average Bonchev–Trinajstić information content (AvgIpc) is 2.95. The second kappa shape index (κ2) is 3.20. The number of pyridine rings is 1. The minimum Gasteiger partial charge on any atom is -0.384 e. The van der Waals surface area contributed by atoms with E-state index >= 15 is 0 Å². The molecule has 1 aliphatic carbocycles. The molecule has 1 aliphatic rings. The van der Waals surface area contributed by atoms with Crippen molar-refractivity contribution in [2.75, 3.05) is 5.73 Å². The van der Waals surface area contributed by atoms with Gasteiger partial charge in [-0.1, -0.05) is 0 Å². The number of nitrogen functional groups attached to an aromatic ring is 1. The summed E-state index contributed by atoms with van der Waals surface area (Å²) in [6.45, 7) is 2.04. The summed E-state index contributed by atoms with van der Waals surface area (Å²) >= 11 is 0. The van der Waals surface area contributed by atoms with Crippen molar-refractivity contribution in [3.05, 3.63) is 17.3 Å². The first-order chi connectivity index (χ1) is 7.65. The molecule has 16 heavy (non-hydrogen) atoms. The van der Waals surface area contributed by atoms with E-state index in [0.717, 1.165) is 23.7 Å². The Morgan fingerprint density at radius 2 is 2.25 bits per heavy atom. The summed E-state index contributed by atoms with van der Waals surface area (Å²) in [6.07, 6.45) is 3.82. The third-order valence-corrected chi connectivity index (χ3v) is 3.28. The lowest BCUT2D eigenvalue weighted by Crippen LogP contribution is -1.98. The Morgan fingerprint density at radius 1 is 1.50 bits per heavy atom. The lowest BCUT2D eigenvalue weighted by molar-refractivity contribution is 0.774. The highest BCUT2D eigenvalue weighted by Crippen LogP contribution is 2.35. The summed E-state index contributed by atoms with van der Waals surface area (Å²) in [7, 11) is 1.92. The van der Waals surface area contributed by atoms with Gasteiger partial charge < -0.3 is 5.73 Å². The molecule has 1 fully saturated rings. The van der Waals surface area contributed by atoms with E-state index in [1.807, 2.05) is 24.7 Å². The van der Waals surface area contributed by atoms with Crippen molar-refractivity contribution in [2.24, 2.45) is 13.0 Å². The van der Waals surface area contributed by atoms with Gasteiger partial charge in [0.2, 0.25) is 0 Å². The second-order valence-electron chi connectivity index (χ2n) is 4.76. The number of fused-ring (bicyclic) bond motifs is 1. The van der Waals surface area contributed by atoms with Crippen LogP contribution in [0.3, 0.4) is 0 Å². The molecule has 0 saturated heterocycles. The predicted molar refractivity (Wildman–Crippen MR) is 64.1 cm³/mol. The molecule has 0 unspecified atom stereocenters. The number of rotatable bonds is 2. The van der Waals surface area contributed by atoms with E-state index in [1.54, 1.807) is 0 Å². The van der Waals surface area contributed by atoms with Crippen LogP contribution in [0.1, 0.15) is 24.1 Å². The van der Waals surface area contributed by atoms with Crippen molar-refractivity contribution in [1.82, 2.24) is 14.8 Å². The largest absolute Gasteiger partial charge is 0.384 e. The van der Waals surface area contributed by atoms with Gasteiger partial charge in [0.05, 0.1) is 5.69 Å². The van der Waals surface area contributed by atoms with E-state index in [2.05, 4.69) is 10.1 Å². The molecule has 84 valence electrons. The third-order valence-electron chi connectivity index (χ3n) is 3.28. The molecular weight excluding hydrogens is 200 g/mol. The van der Waals surface area contributed by atoms with Crippen molar-refractivity contribution in [1.29, 1.82) is 0 Å². The normalized spacial score (nSPS) is 15.9. The molecule has 4 nitrogen and oxygen atoms in total. The molecule has 0 radical (unpaired) electrons. The van der Waals surface area contributed by atoms with Gasteiger partial charge in [-0.15, -0.1) is 0 Å². The van der Waals surface area contributed by atoms with Crippen LogP contribution in [-0.2, 0) is 13.5 Å². The number of nitrogens with two attached hydrogens (primary N) is 1. The number of hydrogen-bond donors (Lipinski definition) is 1. The molecule has 0 bridgehead atoms. The highest BCUT2D eigenvalue weighted by atomic mass is 15.3. The zero-order chi connectivity index (χ0) is 11.3. The Labute approximate surface area is 94.5 Å². The Hall–Kier alpha value is -1.58. The minimum absolute atomic E-state index is 0.603. The van der Waals surface area contributed by atoms with E-state index < -0.39 is 0 Å². The first-order valence-electron chi connectivity index (χ1n) is 5.74. The van der Waals surface area contributed by atoms with Crippen molar-refractivity contribution < 1.29 is 0 Å². The zero-order valence-electron chi connectivity index (χ0n) is 9.70. The van der Waals surface area contributed by atoms with Gasteiger partial charge in [-0.3, -0.25) is 4.68 Å². The molecular formula is C12H16N4. The standard InChI is InChI=1S/C12H16N4/c1-7-11-9(5-8-3-4-8)6-10(13)14-12(11)16(2)15-7/h6,8H,3-5H2,1-2H3,(H2,13,14). The molecule has 2 aromatic rings. The molecule has 1 saturated carbocycles. The lowest BCUT2D eigenvalue weighted by atomic mass is 10.1. The van der Waals surface area contributed by atoms with Crippen molar-refractivity contribution in [3.63, 3.8) is 0 Å². The molecule has 3 rings (SSSR count). The van der Waals surface area contributed by atoms with Crippen LogP contribution in [0.2, 0.25) is 0 Å². The highest BCUT2D eigenvalue weighted by Gasteiger charge is 2.24. The van der Waals surface area contributed by atoms with Gasteiger partial charge in [0, 0.05) is 12.4 Å². The van der Waals surface area contributed by atoms with Crippen molar-refractivity contribution >= 4 is 16.9 Å². The summed E-state index contributed by atoms with van der Waals surface area (Å²) in [4.78, 5) is 4.36. The van der Waals surface area contributed by atoms with Gasteiger partial charge in [-0.25, -0.2) is 4.98 Å². The van der Waals surface area contributed by atoms with Gasteiger partial charge in [0.1, 0.15) is 5.82 Å². The number of aromatic nitrogens is 3. The third kappa shape index (κ3) is 1.45. The number of anilines is 1. The Bertz CT molecular complexity index is 552. The van der Waals surface area contributed by atoms with Crippen LogP contribution in [0.4, 0.5) is 5.82 Å². The maximum absolute atomic E-state index is 5.85. The van der Waals surface area contributed by atoms with Crippen LogP contribution < -0.4 is 5.73 Å². The molecule has 0 aromatic carbocycles. The van der Waals surface area contributed by atoms with Gasteiger partial charge in [0.25, 0.3) is 0 Å². The fraction of sp³-hybridized carbons (Fsp3) is 0.500. The van der Waals surface area contributed by atoms with Crippen molar-refractivity contribution in [3.8, 4) is 0 Å². The smallest absolute Gasteiger partial charge is 0.160 e. The Balaban J connectivity index is 2.23. The van der Waals surface area contributed by atoms with Crippen LogP contribution >= 0.6 is 0 Å². The van der Waals surface area contributed by atoms with Crippen LogP contribution in [0.5, 0.6) is 0 Å². The molecule has 0 atom stereocenters. The monoisotopic (exact) mass is 216 g/mol. The number of nitrogens with zero attached hydrogens (tertiary/aromatic N) is 3. The quantitative estimate of drug-likeness (QED) is 0.833. The van der Waals surface area contributed by atoms with Crippen LogP contribution in [0.25, 0.3) is 11.0 Å². The Kier molecular flexibility index (Phi) is 1.93. The second-order valence-corrected chi connectivity index (χ2v) is 4.76. The maximum atomic E-state index is 5.85. The molecule has 0 aliphatic heterocycles. The lowest BCUT2D eigenvalue weighted by Gasteiger charge is -2.04. The van der Waals surface area contributed by atoms with E-state index in [0.29, 0.717) is 5.82 Å². The first-order valence-corrected chi connectivity index (χ1v) is 5.74. The van der Waals surface area contributed by atoms with Gasteiger partial charge in [0.15, 0.2) is 5.65 Å². The summed E-state index contributed by atoms with van der Waals surface area (Å²) < 4.78 is 1.82. The fourth-order valence-electron chi connectivity index (χ4n) is 2.35. The fourth-order valence-corrected chi connectivity index (χ4v) is 2.35. The van der Waals surface area contributed by atoms with Crippen LogP contribution in [0, 0.1) is 12.8 Å². The van der Waals surface area contributed by atoms with Gasteiger partial charge in [-0.2, -0.15) is 5.10 Å². The molecule has 0 amide bonds. The Morgan fingerprint density at radius 3 is 2.94 bits per heavy atom. The van der Waals surface area contributed by atoms with Crippen molar-refractivity contribution in [2.45, 2.75) is 26.2 Å². The zero-order valence-corrected chi connectivity index (χ0v) is 9.70. The predicted octanol–water partition coefficient (Wildman–Crippen LogP) is 1.81. The molecule has 2 N–H and O–H groups in total. The summed E-state index contributed by atoms with van der Waals surface area (Å²) in [5, 5.41) is 5.62. The molecule has 2 heterocycles. The van der Waals surface area contributed by atoms with E-state index in [9.17, 15) is 0 Å².